The van der Waals surface area contributed by atoms with E-state index in [4.69, 9.17) is 5.73 Å². The highest BCUT2D eigenvalue weighted by Gasteiger charge is 2.13. The van der Waals surface area contributed by atoms with E-state index in [1.54, 1.807) is 24.2 Å². The molecule has 3 N–H and O–H groups in total. The van der Waals surface area contributed by atoms with Crippen LogP contribution < -0.4 is 11.1 Å². The van der Waals surface area contributed by atoms with E-state index in [-0.39, 0.29) is 0 Å². The maximum absolute atomic E-state index is 5.72. The second-order valence-corrected chi connectivity index (χ2v) is 4.71. The number of aromatic nitrogens is 2. The van der Waals surface area contributed by atoms with E-state index in [1.807, 2.05) is 0 Å². The molecule has 1 aliphatic heterocycles. The number of nitrogens with one attached hydrogen (secondary N) is 1. The quantitative estimate of drug-likeness (QED) is 0.758. The second-order valence-electron chi connectivity index (χ2n) is 3.70. The summed E-state index contributed by atoms with van der Waals surface area (Å²) in [5, 5.41) is 4.35. The summed E-state index contributed by atoms with van der Waals surface area (Å²) in [4.78, 5) is 8.23. The van der Waals surface area contributed by atoms with Crippen LogP contribution in [0.4, 0.5) is 5.82 Å². The third-order valence-electron chi connectivity index (χ3n) is 2.52. The smallest absolute Gasteiger partial charge is 0.156 e. The largest absolute Gasteiger partial charge is 0.381 e. The van der Waals surface area contributed by atoms with Crippen LogP contribution in [-0.4, -0.2) is 28.3 Å². The Morgan fingerprint density at radius 3 is 3.00 bits per heavy atom. The van der Waals surface area contributed by atoms with Crippen molar-refractivity contribution in [3.8, 4) is 0 Å². The Morgan fingerprint density at radius 1 is 1.40 bits per heavy atom. The van der Waals surface area contributed by atoms with Crippen molar-refractivity contribution in [1.82, 2.24) is 15.3 Å². The zero-order valence-corrected chi connectivity index (χ0v) is 9.46. The minimum absolute atomic E-state index is 0.540. The molecular formula is C10H16N4S. The Kier molecular flexibility index (Phi) is 3.80. The average Bonchev–Trinajstić information content (AvgIpc) is 2.29. The number of nitrogens with zero attached hydrogens (tertiary/aromatic N) is 2. The number of hydrogen-bond acceptors (Lipinski definition) is 5. The van der Waals surface area contributed by atoms with Gasteiger partial charge in [-0.3, -0.25) is 0 Å². The fourth-order valence-corrected chi connectivity index (χ4v) is 2.67. The van der Waals surface area contributed by atoms with Crippen molar-refractivity contribution in [3.63, 3.8) is 0 Å². The average molecular weight is 224 g/mol. The summed E-state index contributed by atoms with van der Waals surface area (Å²) < 4.78 is 0. The number of anilines is 1. The second kappa shape index (κ2) is 5.32. The van der Waals surface area contributed by atoms with Crippen LogP contribution in [0.2, 0.25) is 0 Å². The topological polar surface area (TPSA) is 63.8 Å². The van der Waals surface area contributed by atoms with Crippen molar-refractivity contribution >= 4 is 17.6 Å². The standard InChI is InChI=1S/C10H16N4S/c11-9-10(14-6-5-13-9)15-7-8-3-1-2-4-12-8/h5-6,8,12H,1-4,7H2,(H2,11,13). The predicted octanol–water partition coefficient (Wildman–Crippen LogP) is 1.29. The van der Waals surface area contributed by atoms with Crippen molar-refractivity contribution < 1.29 is 0 Å². The van der Waals surface area contributed by atoms with Crippen molar-refractivity contribution in [3.05, 3.63) is 12.4 Å². The normalized spacial score (nSPS) is 21.5. The molecule has 0 saturated carbocycles. The number of rotatable bonds is 3. The Morgan fingerprint density at radius 2 is 2.27 bits per heavy atom. The van der Waals surface area contributed by atoms with Gasteiger partial charge in [0.15, 0.2) is 5.82 Å². The minimum atomic E-state index is 0.540. The molecule has 1 unspecified atom stereocenters. The van der Waals surface area contributed by atoms with Crippen molar-refractivity contribution in [2.45, 2.75) is 30.3 Å². The highest BCUT2D eigenvalue weighted by Crippen LogP contribution is 2.22. The maximum atomic E-state index is 5.72. The van der Waals surface area contributed by atoms with E-state index in [1.165, 1.54) is 19.3 Å². The van der Waals surface area contributed by atoms with Gasteiger partial charge in [0.25, 0.3) is 0 Å². The molecule has 5 heteroatoms. The van der Waals surface area contributed by atoms with Gasteiger partial charge in [-0.05, 0) is 19.4 Å². The fraction of sp³-hybridized carbons (Fsp3) is 0.600. The van der Waals surface area contributed by atoms with Crippen molar-refractivity contribution in [1.29, 1.82) is 0 Å². The monoisotopic (exact) mass is 224 g/mol. The highest BCUT2D eigenvalue weighted by atomic mass is 32.2. The van der Waals surface area contributed by atoms with Gasteiger partial charge in [-0.25, -0.2) is 9.97 Å². The lowest BCUT2D eigenvalue weighted by atomic mass is 10.1. The number of nitrogens with two attached hydrogens (primary N) is 1. The molecule has 1 fully saturated rings. The van der Waals surface area contributed by atoms with E-state index in [2.05, 4.69) is 15.3 Å². The molecule has 1 aromatic heterocycles. The molecule has 2 heterocycles. The van der Waals surface area contributed by atoms with Gasteiger partial charge in [0.05, 0.1) is 0 Å². The highest BCUT2D eigenvalue weighted by molar-refractivity contribution is 7.99. The van der Waals surface area contributed by atoms with Gasteiger partial charge < -0.3 is 11.1 Å². The molecule has 0 aromatic carbocycles. The van der Waals surface area contributed by atoms with Gasteiger partial charge in [-0.2, -0.15) is 0 Å². The molecule has 15 heavy (non-hydrogen) atoms. The van der Waals surface area contributed by atoms with Gasteiger partial charge in [0, 0.05) is 24.2 Å². The Hall–Kier alpha value is -0.810. The summed E-state index contributed by atoms with van der Waals surface area (Å²) in [6.07, 6.45) is 7.20. The van der Waals surface area contributed by atoms with Crippen molar-refractivity contribution in [2.24, 2.45) is 0 Å². The van der Waals surface area contributed by atoms with Crippen LogP contribution in [-0.2, 0) is 0 Å². The number of piperidine rings is 1. The molecular weight excluding hydrogens is 208 g/mol. The van der Waals surface area contributed by atoms with Crippen LogP contribution in [0.15, 0.2) is 17.4 Å². The molecule has 0 radical (unpaired) electrons. The van der Waals surface area contributed by atoms with Crippen LogP contribution in [0, 0.1) is 0 Å². The molecule has 82 valence electrons. The summed E-state index contributed by atoms with van der Waals surface area (Å²) in [7, 11) is 0. The molecule has 1 saturated heterocycles. The summed E-state index contributed by atoms with van der Waals surface area (Å²) in [5.74, 6) is 1.57. The van der Waals surface area contributed by atoms with E-state index < -0.39 is 0 Å². The van der Waals surface area contributed by atoms with E-state index >= 15 is 0 Å². The van der Waals surface area contributed by atoms with Gasteiger partial charge >= 0.3 is 0 Å². The summed E-state index contributed by atoms with van der Waals surface area (Å²) in [6.45, 7) is 1.14. The van der Waals surface area contributed by atoms with E-state index in [0.717, 1.165) is 17.3 Å². The van der Waals surface area contributed by atoms with E-state index in [9.17, 15) is 0 Å². The minimum Gasteiger partial charge on any atom is -0.381 e. The predicted molar refractivity (Wildman–Crippen MR) is 62.8 cm³/mol. The lowest BCUT2D eigenvalue weighted by Crippen LogP contribution is -2.35. The molecule has 1 aromatic rings. The Balaban J connectivity index is 1.84. The third-order valence-corrected chi connectivity index (χ3v) is 3.68. The third kappa shape index (κ3) is 3.07. The lowest BCUT2D eigenvalue weighted by molar-refractivity contribution is 0.430. The van der Waals surface area contributed by atoms with Crippen LogP contribution >= 0.6 is 11.8 Å². The van der Waals surface area contributed by atoms with E-state index in [0.29, 0.717) is 11.9 Å². The number of thioether (sulfide) groups is 1. The first-order chi connectivity index (χ1) is 7.36. The van der Waals surface area contributed by atoms with Crippen LogP contribution in [0.5, 0.6) is 0 Å². The molecule has 0 amide bonds. The molecule has 4 nitrogen and oxygen atoms in total. The Bertz CT molecular complexity index is 312. The Labute approximate surface area is 94.1 Å². The SMILES string of the molecule is Nc1nccnc1SCC1CCCCN1. The first-order valence-corrected chi connectivity index (χ1v) is 6.27. The molecule has 0 bridgehead atoms. The van der Waals surface area contributed by atoms with Gasteiger partial charge in [0.1, 0.15) is 5.03 Å². The summed E-state index contributed by atoms with van der Waals surface area (Å²) in [5.41, 5.74) is 5.72. The number of hydrogen-bond donors (Lipinski definition) is 2. The summed E-state index contributed by atoms with van der Waals surface area (Å²) >= 11 is 1.69. The number of nitrogen functional groups attached to an aromatic ring is 1. The molecule has 0 spiro atoms. The van der Waals surface area contributed by atoms with Crippen LogP contribution in [0.25, 0.3) is 0 Å². The van der Waals surface area contributed by atoms with Crippen LogP contribution in [0.1, 0.15) is 19.3 Å². The lowest BCUT2D eigenvalue weighted by Gasteiger charge is -2.22. The van der Waals surface area contributed by atoms with Gasteiger partial charge in [-0.1, -0.05) is 6.42 Å². The molecule has 2 rings (SSSR count). The fourth-order valence-electron chi connectivity index (χ4n) is 1.69. The molecule has 1 aliphatic rings. The first kappa shape index (κ1) is 10.7. The maximum Gasteiger partial charge on any atom is 0.156 e. The molecule has 0 aliphatic carbocycles. The first-order valence-electron chi connectivity index (χ1n) is 5.29. The summed E-state index contributed by atoms with van der Waals surface area (Å²) in [6, 6.07) is 0.602. The van der Waals surface area contributed by atoms with Crippen LogP contribution in [0.3, 0.4) is 0 Å². The van der Waals surface area contributed by atoms with Gasteiger partial charge in [-0.15, -0.1) is 11.8 Å². The zero-order chi connectivity index (χ0) is 10.5. The zero-order valence-electron chi connectivity index (χ0n) is 8.65. The van der Waals surface area contributed by atoms with Gasteiger partial charge in [0.2, 0.25) is 0 Å². The molecule has 1 atom stereocenters. The van der Waals surface area contributed by atoms with Crippen molar-refractivity contribution in [2.75, 3.05) is 18.0 Å².